The molecule has 4 atom stereocenters. The summed E-state index contributed by atoms with van der Waals surface area (Å²) in [7, 11) is 0. The van der Waals surface area contributed by atoms with Crippen LogP contribution in [0.25, 0.3) is 11.1 Å². The van der Waals surface area contributed by atoms with E-state index in [0.717, 1.165) is 46.5 Å². The number of hydrogen-bond acceptors (Lipinski definition) is 7. The van der Waals surface area contributed by atoms with E-state index in [9.17, 15) is 14.7 Å². The van der Waals surface area contributed by atoms with Gasteiger partial charge in [0.25, 0.3) is 0 Å². The van der Waals surface area contributed by atoms with Gasteiger partial charge in [-0.2, -0.15) is 0 Å². The van der Waals surface area contributed by atoms with Gasteiger partial charge in [0.2, 0.25) is 0 Å². The average molecular weight is 728 g/mol. The van der Waals surface area contributed by atoms with E-state index in [1.54, 1.807) is 6.92 Å². The third-order valence-corrected chi connectivity index (χ3v) is 9.71. The molecular formula is C45H49N3O6. The van der Waals surface area contributed by atoms with E-state index in [1.807, 2.05) is 72.8 Å². The van der Waals surface area contributed by atoms with Crippen molar-refractivity contribution in [3.63, 3.8) is 0 Å². The van der Waals surface area contributed by atoms with Crippen molar-refractivity contribution in [1.82, 2.24) is 15.5 Å². The zero-order chi connectivity index (χ0) is 37.7. The van der Waals surface area contributed by atoms with Crippen LogP contribution in [-0.2, 0) is 45.2 Å². The van der Waals surface area contributed by atoms with Crippen LogP contribution in [0.4, 0.5) is 4.79 Å². The minimum atomic E-state index is -0.613. The summed E-state index contributed by atoms with van der Waals surface area (Å²) in [6.45, 7) is 6.49. The third kappa shape index (κ3) is 10.4. The first-order chi connectivity index (χ1) is 26.4. The predicted octanol–water partition coefficient (Wildman–Crippen LogP) is 7.70. The molecule has 1 heterocycles. The fourth-order valence-corrected chi connectivity index (χ4v) is 6.83. The zero-order valence-electron chi connectivity index (χ0n) is 30.9. The van der Waals surface area contributed by atoms with Crippen LogP contribution in [0.2, 0.25) is 0 Å². The number of amides is 2. The second-order valence-electron chi connectivity index (χ2n) is 13.6. The first-order valence-corrected chi connectivity index (χ1v) is 18.6. The number of nitrogens with zero attached hydrogens (tertiary/aromatic N) is 1. The van der Waals surface area contributed by atoms with E-state index >= 15 is 0 Å². The molecular weight excluding hydrogens is 679 g/mol. The lowest BCUT2D eigenvalue weighted by molar-refractivity contribution is -0.276. The van der Waals surface area contributed by atoms with Gasteiger partial charge in [-0.25, -0.2) is 4.79 Å². The van der Waals surface area contributed by atoms with Crippen LogP contribution in [-0.4, -0.2) is 47.8 Å². The molecule has 0 aromatic heterocycles. The molecule has 5 aromatic rings. The summed E-state index contributed by atoms with van der Waals surface area (Å²) in [5.41, 5.74) is 8.17. The lowest BCUT2D eigenvalue weighted by Gasteiger charge is -2.43. The van der Waals surface area contributed by atoms with Crippen LogP contribution in [0.15, 0.2) is 133 Å². The fourth-order valence-electron chi connectivity index (χ4n) is 6.83. The van der Waals surface area contributed by atoms with Crippen molar-refractivity contribution in [3.8, 4) is 11.1 Å². The molecule has 0 spiro atoms. The van der Waals surface area contributed by atoms with E-state index in [-0.39, 0.29) is 44.4 Å². The maximum Gasteiger partial charge on any atom is 0.325 e. The highest BCUT2D eigenvalue weighted by molar-refractivity contribution is 5.81. The highest BCUT2D eigenvalue weighted by atomic mass is 16.7. The second-order valence-corrected chi connectivity index (χ2v) is 13.6. The van der Waals surface area contributed by atoms with Crippen molar-refractivity contribution in [3.05, 3.63) is 167 Å². The topological polar surface area (TPSA) is 109 Å². The predicted molar refractivity (Wildman–Crippen MR) is 209 cm³/mol. The van der Waals surface area contributed by atoms with Gasteiger partial charge in [-0.1, -0.05) is 140 Å². The number of hydrogen-bond donors (Lipinski definition) is 3. The van der Waals surface area contributed by atoms with E-state index < -0.39 is 18.3 Å². The van der Waals surface area contributed by atoms with Gasteiger partial charge in [-0.05, 0) is 45.9 Å². The van der Waals surface area contributed by atoms with Crippen LogP contribution >= 0.6 is 0 Å². The summed E-state index contributed by atoms with van der Waals surface area (Å²) in [6, 6.07) is 44.7. The van der Waals surface area contributed by atoms with E-state index in [0.29, 0.717) is 6.54 Å². The van der Waals surface area contributed by atoms with Crippen LogP contribution in [0.3, 0.4) is 0 Å². The van der Waals surface area contributed by atoms with Gasteiger partial charge in [-0.15, -0.1) is 0 Å². The Kier molecular flexibility index (Phi) is 13.6. The van der Waals surface area contributed by atoms with Gasteiger partial charge < -0.3 is 30.0 Å². The zero-order valence-corrected chi connectivity index (χ0v) is 30.9. The van der Waals surface area contributed by atoms with Crippen molar-refractivity contribution in [2.45, 2.75) is 58.6 Å². The van der Waals surface area contributed by atoms with Crippen LogP contribution in [0.5, 0.6) is 0 Å². The van der Waals surface area contributed by atoms with Gasteiger partial charge in [0.15, 0.2) is 6.29 Å². The lowest BCUT2D eigenvalue weighted by atomic mass is 9.89. The SMILES string of the molecule is CCOC(=O)CNC(=O)NCc1ccccc1-c1ccc([C@@H]2O[C@H](CN(Cc3ccccc3)Cc3ccccc3)[C@H](C)[C@H](c3ccc(CO)cc3)O2)cc1. The number of carbonyl (C=O) groups is 2. The summed E-state index contributed by atoms with van der Waals surface area (Å²) in [5, 5.41) is 15.1. The molecule has 1 fully saturated rings. The summed E-state index contributed by atoms with van der Waals surface area (Å²) in [5.74, 6) is -0.453. The Morgan fingerprint density at radius 1 is 0.722 bits per heavy atom. The Morgan fingerprint density at radius 2 is 1.33 bits per heavy atom. The highest BCUT2D eigenvalue weighted by Crippen LogP contribution is 2.42. The number of aliphatic hydroxyl groups is 1. The molecule has 280 valence electrons. The molecule has 2 amide bonds. The Morgan fingerprint density at radius 3 is 1.96 bits per heavy atom. The van der Waals surface area contributed by atoms with Crippen molar-refractivity contribution < 1.29 is 28.9 Å². The van der Waals surface area contributed by atoms with Crippen molar-refractivity contribution >= 4 is 12.0 Å². The number of ether oxygens (including phenoxy) is 3. The van der Waals surface area contributed by atoms with E-state index in [2.05, 4.69) is 83.1 Å². The molecule has 1 aliphatic rings. The maximum atomic E-state index is 12.4. The fraction of sp³-hybridized carbons (Fsp3) is 0.289. The summed E-state index contributed by atoms with van der Waals surface area (Å²) in [4.78, 5) is 26.5. The monoisotopic (exact) mass is 727 g/mol. The number of esters is 1. The van der Waals surface area contributed by atoms with Crippen molar-refractivity contribution in [2.75, 3.05) is 19.7 Å². The molecule has 0 saturated carbocycles. The Hall–Kier alpha value is -5.32. The van der Waals surface area contributed by atoms with Gasteiger partial charge >= 0.3 is 12.0 Å². The Bertz CT molecular complexity index is 1880. The summed E-state index contributed by atoms with van der Waals surface area (Å²) < 4.78 is 18.6. The van der Waals surface area contributed by atoms with E-state index in [1.165, 1.54) is 11.1 Å². The van der Waals surface area contributed by atoms with Gasteiger partial charge in [0.05, 0.1) is 25.4 Å². The van der Waals surface area contributed by atoms with Crippen LogP contribution in [0.1, 0.15) is 59.6 Å². The normalized spacial score (nSPS) is 18.2. The molecule has 0 bridgehead atoms. The number of rotatable bonds is 15. The minimum Gasteiger partial charge on any atom is -0.465 e. The standard InChI is InChI=1S/C45H49N3O6/c1-3-52-42(50)27-47-45(51)46-26-39-16-10-11-17-40(39)36-22-24-38(25-23-36)44-53-41(32(2)43(54-44)37-20-18-35(31-49)19-21-37)30-48(28-33-12-6-4-7-13-33)29-34-14-8-5-9-15-34/h4-25,32,41,43-44,49H,3,26-31H2,1-2H3,(H2,46,47,51)/t32-,41+,43+,44+/m0/s1. The molecule has 9 heteroatoms. The molecule has 1 saturated heterocycles. The average Bonchev–Trinajstić information content (AvgIpc) is 3.21. The number of carbonyl (C=O) groups excluding carboxylic acids is 2. The number of benzene rings is 5. The molecule has 0 aliphatic carbocycles. The molecule has 0 unspecified atom stereocenters. The first kappa shape index (κ1) is 38.4. The number of nitrogens with one attached hydrogen (secondary N) is 2. The molecule has 3 N–H and O–H groups in total. The summed E-state index contributed by atoms with van der Waals surface area (Å²) >= 11 is 0. The molecule has 0 radical (unpaired) electrons. The van der Waals surface area contributed by atoms with Gasteiger partial charge in [0.1, 0.15) is 6.54 Å². The van der Waals surface area contributed by atoms with Crippen LogP contribution < -0.4 is 10.6 Å². The van der Waals surface area contributed by atoms with Gasteiger partial charge in [0, 0.05) is 37.7 Å². The van der Waals surface area contributed by atoms with Crippen molar-refractivity contribution in [1.29, 1.82) is 0 Å². The second kappa shape index (κ2) is 19.1. The lowest BCUT2D eigenvalue weighted by Crippen LogP contribution is -2.44. The Labute approximate surface area is 317 Å². The molecule has 6 rings (SSSR count). The largest absolute Gasteiger partial charge is 0.465 e. The first-order valence-electron chi connectivity index (χ1n) is 18.6. The number of urea groups is 1. The van der Waals surface area contributed by atoms with E-state index in [4.69, 9.17) is 14.2 Å². The Balaban J connectivity index is 1.22. The number of aliphatic hydroxyl groups excluding tert-OH is 1. The molecule has 9 nitrogen and oxygen atoms in total. The van der Waals surface area contributed by atoms with Crippen molar-refractivity contribution in [2.24, 2.45) is 5.92 Å². The molecule has 5 aromatic carbocycles. The maximum absolute atomic E-state index is 12.4. The molecule has 54 heavy (non-hydrogen) atoms. The van der Waals surface area contributed by atoms with Gasteiger partial charge in [-0.3, -0.25) is 9.69 Å². The molecule has 1 aliphatic heterocycles. The highest BCUT2D eigenvalue weighted by Gasteiger charge is 2.39. The smallest absolute Gasteiger partial charge is 0.325 e. The van der Waals surface area contributed by atoms with Crippen LogP contribution in [0, 0.1) is 5.92 Å². The minimum absolute atomic E-state index is 0.0160. The summed E-state index contributed by atoms with van der Waals surface area (Å²) in [6.07, 6.45) is -1.00. The third-order valence-electron chi connectivity index (χ3n) is 9.71. The quantitative estimate of drug-likeness (QED) is 0.0949.